The first-order chi connectivity index (χ1) is 12.7. The third-order valence-corrected chi connectivity index (χ3v) is 6.59. The first kappa shape index (κ1) is 18.0. The highest BCUT2D eigenvalue weighted by atomic mass is 19.1. The van der Waals surface area contributed by atoms with E-state index in [2.05, 4.69) is 24.0 Å². The highest BCUT2D eigenvalue weighted by Gasteiger charge is 2.65. The van der Waals surface area contributed by atoms with Gasteiger partial charge in [-0.1, -0.05) is 19.9 Å². The third kappa shape index (κ3) is 2.27. The predicted molar refractivity (Wildman–Crippen MR) is 96.6 cm³/mol. The number of rotatable bonds is 4. The third-order valence-electron chi connectivity index (χ3n) is 6.59. The molecule has 5 nitrogen and oxygen atoms in total. The number of fused-ring (bicyclic) bond motifs is 5. The summed E-state index contributed by atoms with van der Waals surface area (Å²) in [6, 6.07) is 5.51. The molecule has 2 aromatic rings. The summed E-state index contributed by atoms with van der Waals surface area (Å²) in [5.74, 6) is -1.55. The van der Waals surface area contributed by atoms with E-state index in [4.69, 9.17) is 5.73 Å². The molecule has 2 aliphatic carbocycles. The van der Waals surface area contributed by atoms with E-state index in [-0.39, 0.29) is 29.1 Å². The minimum atomic E-state index is -0.660. The van der Waals surface area contributed by atoms with Gasteiger partial charge in [-0.15, -0.1) is 5.10 Å². The lowest BCUT2D eigenvalue weighted by atomic mass is 9.74. The molecule has 2 bridgehead atoms. The lowest BCUT2D eigenvalue weighted by Gasteiger charge is -2.44. The zero-order chi connectivity index (χ0) is 19.6. The molecule has 0 radical (unpaired) electrons. The van der Waals surface area contributed by atoms with Crippen molar-refractivity contribution in [2.24, 2.45) is 11.1 Å². The smallest absolute Gasteiger partial charge is 0.231 e. The average molecular weight is 372 g/mol. The molecule has 1 fully saturated rings. The first-order valence-corrected chi connectivity index (χ1v) is 9.02. The van der Waals surface area contributed by atoms with Crippen LogP contribution in [0, 0.1) is 17.0 Å². The second kappa shape index (κ2) is 5.79. The van der Waals surface area contributed by atoms with Crippen molar-refractivity contribution in [2.75, 3.05) is 13.6 Å². The van der Waals surface area contributed by atoms with Gasteiger partial charge in [0.15, 0.2) is 0 Å². The van der Waals surface area contributed by atoms with Crippen LogP contribution in [0.1, 0.15) is 43.9 Å². The molecule has 142 valence electrons. The fourth-order valence-electron chi connectivity index (χ4n) is 5.38. The van der Waals surface area contributed by atoms with Crippen molar-refractivity contribution in [3.8, 4) is 11.3 Å². The number of nitrogens with zero attached hydrogens (tertiary/aromatic N) is 3. The van der Waals surface area contributed by atoms with Crippen LogP contribution >= 0.6 is 0 Å². The zero-order valence-corrected chi connectivity index (χ0v) is 15.6. The number of hydrogen-bond acceptors (Lipinski definition) is 4. The van der Waals surface area contributed by atoms with Gasteiger partial charge in [-0.05, 0) is 55.0 Å². The molecule has 1 aromatic carbocycles. The average Bonchev–Trinajstić information content (AvgIpc) is 2.96. The van der Waals surface area contributed by atoms with E-state index in [1.807, 2.05) is 11.9 Å². The number of nitrogens with two attached hydrogens (primary N) is 1. The number of amides is 1. The number of halogens is 2. The number of hydrogen-bond donors (Lipinski definition) is 1. The molecular weight excluding hydrogens is 350 g/mol. The van der Waals surface area contributed by atoms with Crippen LogP contribution in [-0.4, -0.2) is 34.6 Å². The number of carbonyl (C=O) groups is 1. The van der Waals surface area contributed by atoms with E-state index in [1.165, 1.54) is 18.2 Å². The zero-order valence-electron chi connectivity index (χ0n) is 15.6. The molecule has 27 heavy (non-hydrogen) atoms. The number of benzene rings is 1. The minimum Gasteiger partial charge on any atom is -0.369 e. The van der Waals surface area contributed by atoms with Gasteiger partial charge in [0.05, 0.1) is 29.0 Å². The van der Waals surface area contributed by atoms with Gasteiger partial charge in [0.1, 0.15) is 11.6 Å². The lowest BCUT2D eigenvalue weighted by Crippen LogP contribution is -2.52. The van der Waals surface area contributed by atoms with E-state index in [0.29, 0.717) is 0 Å². The topological polar surface area (TPSA) is 72.1 Å². The van der Waals surface area contributed by atoms with Gasteiger partial charge in [-0.25, -0.2) is 8.78 Å². The van der Waals surface area contributed by atoms with Gasteiger partial charge >= 0.3 is 0 Å². The van der Waals surface area contributed by atoms with Crippen molar-refractivity contribution >= 4 is 5.91 Å². The van der Waals surface area contributed by atoms with E-state index >= 15 is 0 Å². The Kier molecular flexibility index (Phi) is 3.86. The fourth-order valence-corrected chi connectivity index (χ4v) is 5.38. The number of primary amides is 1. The van der Waals surface area contributed by atoms with Crippen molar-refractivity contribution in [1.82, 2.24) is 15.1 Å². The molecule has 2 atom stereocenters. The molecule has 0 aliphatic heterocycles. The maximum atomic E-state index is 14.2. The summed E-state index contributed by atoms with van der Waals surface area (Å²) in [6.45, 7) is 4.40. The molecule has 2 N–H and O–H groups in total. The molecule has 0 saturated heterocycles. The van der Waals surface area contributed by atoms with E-state index in [0.717, 1.165) is 24.1 Å². The summed E-state index contributed by atoms with van der Waals surface area (Å²) in [6.07, 6.45) is 1.75. The monoisotopic (exact) mass is 372 g/mol. The molecule has 1 aromatic heterocycles. The Bertz CT molecular complexity index is 925. The highest BCUT2D eigenvalue weighted by Crippen LogP contribution is 2.68. The van der Waals surface area contributed by atoms with Crippen molar-refractivity contribution in [1.29, 1.82) is 0 Å². The van der Waals surface area contributed by atoms with Crippen LogP contribution < -0.4 is 5.73 Å². The van der Waals surface area contributed by atoms with Crippen LogP contribution in [0.2, 0.25) is 0 Å². The van der Waals surface area contributed by atoms with E-state index in [1.54, 1.807) is 6.07 Å². The standard InChI is InChI=1S/C20H22F2N4O/c1-19(2)12-7-8-20(19,26(3)10-16(23)27)18-11(12)9-15(24-25-18)17-13(21)5-4-6-14(17)22/h4-6,9,12H,7-8,10H2,1-3H3,(H2,23,27)/t12-,20-/m0/s1. The van der Waals surface area contributed by atoms with Crippen LogP contribution in [0.15, 0.2) is 24.3 Å². The molecule has 1 saturated carbocycles. The SMILES string of the molecule is CN(CC(N)=O)[C@@]12CC[C@@H](c3cc(-c4c(F)cccc4F)nnc31)C2(C)C. The minimum absolute atomic E-state index is 0.112. The second-order valence-electron chi connectivity index (χ2n) is 8.13. The molecular formula is C20H22F2N4O. The largest absolute Gasteiger partial charge is 0.369 e. The Morgan fingerprint density at radius 2 is 1.96 bits per heavy atom. The van der Waals surface area contributed by atoms with Crippen LogP contribution in [0.4, 0.5) is 8.78 Å². The van der Waals surface area contributed by atoms with Crippen LogP contribution in [0.25, 0.3) is 11.3 Å². The summed E-state index contributed by atoms with van der Waals surface area (Å²) in [5.41, 5.74) is 6.53. The fraction of sp³-hybridized carbons (Fsp3) is 0.450. The molecule has 2 aliphatic rings. The first-order valence-electron chi connectivity index (χ1n) is 9.02. The molecule has 7 heteroatoms. The Labute approximate surface area is 156 Å². The number of carbonyl (C=O) groups excluding carboxylic acids is 1. The molecule has 4 rings (SSSR count). The van der Waals surface area contributed by atoms with Crippen LogP contribution in [0.5, 0.6) is 0 Å². The molecule has 0 spiro atoms. The molecule has 1 heterocycles. The summed E-state index contributed by atoms with van der Waals surface area (Å²) in [4.78, 5) is 13.5. The summed E-state index contributed by atoms with van der Waals surface area (Å²) < 4.78 is 28.4. The lowest BCUT2D eigenvalue weighted by molar-refractivity contribution is -0.121. The van der Waals surface area contributed by atoms with Gasteiger partial charge in [0, 0.05) is 0 Å². The van der Waals surface area contributed by atoms with Gasteiger partial charge < -0.3 is 5.73 Å². The Balaban J connectivity index is 1.87. The Morgan fingerprint density at radius 1 is 1.30 bits per heavy atom. The predicted octanol–water partition coefficient (Wildman–Crippen LogP) is 2.95. The van der Waals surface area contributed by atoms with Crippen molar-refractivity contribution in [3.63, 3.8) is 0 Å². The highest BCUT2D eigenvalue weighted by molar-refractivity contribution is 5.76. The maximum absolute atomic E-state index is 14.2. The van der Waals surface area contributed by atoms with Gasteiger partial charge in [0.2, 0.25) is 5.91 Å². The summed E-state index contributed by atoms with van der Waals surface area (Å²) in [5, 5.41) is 8.58. The van der Waals surface area contributed by atoms with Gasteiger partial charge in [-0.2, -0.15) is 5.10 Å². The number of likely N-dealkylation sites (N-methyl/N-ethyl adjacent to an activating group) is 1. The normalized spacial score (nSPS) is 25.0. The molecule has 1 amide bonds. The quantitative estimate of drug-likeness (QED) is 0.896. The van der Waals surface area contributed by atoms with Crippen LogP contribution in [-0.2, 0) is 10.3 Å². The van der Waals surface area contributed by atoms with Crippen molar-refractivity contribution in [2.45, 2.75) is 38.1 Å². The van der Waals surface area contributed by atoms with E-state index in [9.17, 15) is 13.6 Å². The van der Waals surface area contributed by atoms with E-state index < -0.39 is 23.1 Å². The van der Waals surface area contributed by atoms with Crippen LogP contribution in [0.3, 0.4) is 0 Å². The van der Waals surface area contributed by atoms with Gasteiger partial charge in [-0.3, -0.25) is 9.69 Å². The number of aromatic nitrogens is 2. The maximum Gasteiger partial charge on any atom is 0.231 e. The Hall–Kier alpha value is -2.41. The molecule has 0 unspecified atom stereocenters. The van der Waals surface area contributed by atoms with Crippen molar-refractivity contribution in [3.05, 3.63) is 47.2 Å². The summed E-state index contributed by atoms with van der Waals surface area (Å²) >= 11 is 0. The second-order valence-corrected chi connectivity index (χ2v) is 8.13. The van der Waals surface area contributed by atoms with Gasteiger partial charge in [0.25, 0.3) is 0 Å². The summed E-state index contributed by atoms with van der Waals surface area (Å²) in [7, 11) is 1.87. The Morgan fingerprint density at radius 3 is 2.59 bits per heavy atom. The van der Waals surface area contributed by atoms with Crippen molar-refractivity contribution < 1.29 is 13.6 Å².